The van der Waals surface area contributed by atoms with E-state index in [4.69, 9.17) is 0 Å². The number of quaternary nitrogens is 1. The lowest BCUT2D eigenvalue weighted by atomic mass is 10.1. The fourth-order valence-corrected chi connectivity index (χ4v) is 2.92. The van der Waals surface area contributed by atoms with Gasteiger partial charge in [0, 0.05) is 6.42 Å². The van der Waals surface area contributed by atoms with E-state index in [9.17, 15) is 23.1 Å². The van der Waals surface area contributed by atoms with E-state index in [0.717, 1.165) is 0 Å². The van der Waals surface area contributed by atoms with Crippen molar-refractivity contribution in [2.45, 2.75) is 91.7 Å². The van der Waals surface area contributed by atoms with Crippen molar-refractivity contribution in [3.63, 3.8) is 0 Å². The quantitative estimate of drug-likeness (QED) is 0.292. The van der Waals surface area contributed by atoms with Crippen molar-refractivity contribution < 1.29 is 27.6 Å². The van der Waals surface area contributed by atoms with Crippen LogP contribution in [0.5, 0.6) is 0 Å². The highest BCUT2D eigenvalue weighted by Gasteiger charge is 2.36. The molecule has 0 N–H and O–H groups in total. The third-order valence-electron chi connectivity index (χ3n) is 4.62. The third-order valence-corrected chi connectivity index (χ3v) is 4.62. The number of ketones is 1. The largest absolute Gasteiger partial charge is 0.876 e. The van der Waals surface area contributed by atoms with E-state index in [2.05, 4.69) is 34.3 Å². The van der Waals surface area contributed by atoms with Gasteiger partial charge in [0.05, 0.1) is 26.2 Å². The minimum atomic E-state index is -4.91. The highest BCUT2D eigenvalue weighted by molar-refractivity contribution is 5.85. The van der Waals surface area contributed by atoms with Gasteiger partial charge in [-0.15, -0.1) is 12.3 Å². The first-order valence-electron chi connectivity index (χ1n) is 10.4. The summed E-state index contributed by atoms with van der Waals surface area (Å²) in [6.45, 7) is 17.7. The van der Waals surface area contributed by atoms with E-state index < -0.39 is 24.1 Å². The Morgan fingerprint density at radius 3 is 1.26 bits per heavy atom. The second-order valence-corrected chi connectivity index (χ2v) is 7.29. The standard InChI is InChI=1S/C16H36N.C5H5F3O2/c1-5-9-13-17(14-10-6-2,15-11-7-3)16-12-8-4;1-3(9)2-4(10)5(6,7)8/h5-16H2,1-4H3;9H,1-2H2/q+1;/p-1. The maximum Gasteiger partial charge on any atom is 0.450 e. The zero-order valence-corrected chi connectivity index (χ0v) is 17.8. The molecule has 0 saturated carbocycles. The summed E-state index contributed by atoms with van der Waals surface area (Å²) in [5.41, 5.74) is 0. The summed E-state index contributed by atoms with van der Waals surface area (Å²) in [4.78, 5) is 9.89. The first-order chi connectivity index (χ1) is 12.6. The van der Waals surface area contributed by atoms with Crippen LogP contribution in [0.15, 0.2) is 12.3 Å². The van der Waals surface area contributed by atoms with E-state index in [1.54, 1.807) is 0 Å². The molecule has 0 fully saturated rings. The number of halogens is 3. The van der Waals surface area contributed by atoms with E-state index in [1.165, 1.54) is 82.0 Å². The Kier molecular flexibility index (Phi) is 16.7. The van der Waals surface area contributed by atoms with Gasteiger partial charge in [-0.05, 0) is 25.7 Å². The second kappa shape index (κ2) is 16.0. The fourth-order valence-electron chi connectivity index (χ4n) is 2.92. The summed E-state index contributed by atoms with van der Waals surface area (Å²) in [7, 11) is 0. The molecule has 0 atom stereocenters. The van der Waals surface area contributed by atoms with Gasteiger partial charge in [0.25, 0.3) is 0 Å². The number of carbonyl (C=O) groups is 1. The molecule has 0 bridgehead atoms. The number of unbranched alkanes of at least 4 members (excludes halogenated alkanes) is 4. The van der Waals surface area contributed by atoms with Crippen LogP contribution >= 0.6 is 0 Å². The molecule has 3 nitrogen and oxygen atoms in total. The SMILES string of the molecule is C=C([O-])CC(=O)C(F)(F)F.CCCC[N+](CCCC)(CCCC)CCCC. The number of rotatable bonds is 14. The van der Waals surface area contributed by atoms with E-state index >= 15 is 0 Å². The molecule has 0 aromatic heterocycles. The third kappa shape index (κ3) is 15.7. The van der Waals surface area contributed by atoms with Crippen LogP contribution in [0.1, 0.15) is 85.5 Å². The van der Waals surface area contributed by atoms with Crippen LogP contribution in [0.3, 0.4) is 0 Å². The van der Waals surface area contributed by atoms with Crippen LogP contribution in [0.2, 0.25) is 0 Å². The van der Waals surface area contributed by atoms with E-state index in [0.29, 0.717) is 0 Å². The van der Waals surface area contributed by atoms with Crippen LogP contribution < -0.4 is 5.11 Å². The molecule has 0 unspecified atom stereocenters. The van der Waals surface area contributed by atoms with Gasteiger partial charge in [-0.2, -0.15) is 13.2 Å². The Morgan fingerprint density at radius 1 is 0.815 bits per heavy atom. The van der Waals surface area contributed by atoms with Gasteiger partial charge in [0.15, 0.2) is 0 Å². The topological polar surface area (TPSA) is 40.1 Å². The summed E-state index contributed by atoms with van der Waals surface area (Å²) in [5, 5.41) is 9.87. The molecule has 0 aromatic rings. The zero-order valence-electron chi connectivity index (χ0n) is 17.8. The minimum Gasteiger partial charge on any atom is -0.876 e. The lowest BCUT2D eigenvalue weighted by Crippen LogP contribution is -2.50. The lowest BCUT2D eigenvalue weighted by molar-refractivity contribution is -0.929. The van der Waals surface area contributed by atoms with Crippen LogP contribution in [0, 0.1) is 0 Å². The number of allylic oxidation sites excluding steroid dienone is 1. The highest BCUT2D eigenvalue weighted by atomic mass is 19.4. The number of hydrogen-bond donors (Lipinski definition) is 0. The van der Waals surface area contributed by atoms with Crippen LogP contribution in [-0.4, -0.2) is 42.6 Å². The number of alkyl halides is 3. The molecule has 0 radical (unpaired) electrons. The number of hydrogen-bond acceptors (Lipinski definition) is 2. The van der Waals surface area contributed by atoms with Crippen LogP contribution in [0.25, 0.3) is 0 Å². The molecule has 0 aliphatic heterocycles. The van der Waals surface area contributed by atoms with Crippen molar-refractivity contribution in [3.05, 3.63) is 12.3 Å². The Hall–Kier alpha value is -1.04. The Morgan fingerprint density at radius 2 is 1.11 bits per heavy atom. The van der Waals surface area contributed by atoms with E-state index in [1.807, 2.05) is 0 Å². The van der Waals surface area contributed by atoms with Crippen molar-refractivity contribution in [2.75, 3.05) is 26.2 Å². The normalized spacial score (nSPS) is 11.7. The predicted octanol–water partition coefficient (Wildman–Crippen LogP) is 5.39. The van der Waals surface area contributed by atoms with Gasteiger partial charge in [0.2, 0.25) is 5.78 Å². The molecule has 6 heteroatoms. The monoisotopic (exact) mass is 395 g/mol. The molecule has 0 rings (SSSR count). The molecular formula is C21H40F3NO2. The van der Waals surface area contributed by atoms with Crippen LogP contribution in [-0.2, 0) is 4.79 Å². The maximum absolute atomic E-state index is 11.3. The van der Waals surface area contributed by atoms with Crippen molar-refractivity contribution >= 4 is 5.78 Å². The summed E-state index contributed by atoms with van der Waals surface area (Å²) in [5.74, 6) is -3.07. The summed E-state index contributed by atoms with van der Waals surface area (Å²) in [6, 6.07) is 0. The molecule has 27 heavy (non-hydrogen) atoms. The number of nitrogens with zero attached hydrogens (tertiary/aromatic N) is 1. The van der Waals surface area contributed by atoms with Gasteiger partial charge in [0.1, 0.15) is 0 Å². The molecule has 0 amide bonds. The molecule has 0 aliphatic carbocycles. The van der Waals surface area contributed by atoms with Gasteiger partial charge in [-0.1, -0.05) is 53.4 Å². The molecule has 0 saturated heterocycles. The fraction of sp³-hybridized carbons (Fsp3) is 0.857. The summed E-state index contributed by atoms with van der Waals surface area (Å²) < 4.78 is 35.3. The van der Waals surface area contributed by atoms with Crippen molar-refractivity contribution in [3.8, 4) is 0 Å². The first kappa shape index (κ1) is 28.2. The minimum absolute atomic E-state index is 1.03. The van der Waals surface area contributed by atoms with Gasteiger partial charge in [-0.3, -0.25) is 4.79 Å². The van der Waals surface area contributed by atoms with Crippen molar-refractivity contribution in [1.29, 1.82) is 0 Å². The van der Waals surface area contributed by atoms with Gasteiger partial charge in [-0.25, -0.2) is 0 Å². The number of carbonyl (C=O) groups excluding carboxylic acids is 1. The van der Waals surface area contributed by atoms with Gasteiger partial charge < -0.3 is 9.59 Å². The van der Waals surface area contributed by atoms with Crippen molar-refractivity contribution in [1.82, 2.24) is 0 Å². The van der Waals surface area contributed by atoms with E-state index in [-0.39, 0.29) is 0 Å². The molecule has 0 heterocycles. The molecule has 162 valence electrons. The maximum atomic E-state index is 11.3. The Labute approximate surface area is 164 Å². The summed E-state index contributed by atoms with van der Waals surface area (Å²) in [6.07, 6.45) is 4.99. The lowest BCUT2D eigenvalue weighted by Gasteiger charge is -2.39. The average Bonchev–Trinajstić information content (AvgIpc) is 2.59. The molecular weight excluding hydrogens is 355 g/mol. The Bertz CT molecular complexity index is 358. The van der Waals surface area contributed by atoms with Crippen LogP contribution in [0.4, 0.5) is 13.2 Å². The predicted molar refractivity (Wildman–Crippen MR) is 104 cm³/mol. The zero-order chi connectivity index (χ0) is 21.3. The first-order valence-corrected chi connectivity index (χ1v) is 10.4. The summed E-state index contributed by atoms with van der Waals surface area (Å²) >= 11 is 0. The highest BCUT2D eigenvalue weighted by Crippen LogP contribution is 2.18. The smallest absolute Gasteiger partial charge is 0.450 e. The Balaban J connectivity index is 0. The van der Waals surface area contributed by atoms with Crippen molar-refractivity contribution in [2.24, 2.45) is 0 Å². The number of Topliss-reactive ketones (excluding diaryl/α,β-unsaturated/α-hetero) is 1. The average molecular weight is 396 g/mol. The molecule has 0 aliphatic rings. The van der Waals surface area contributed by atoms with Gasteiger partial charge >= 0.3 is 6.18 Å². The molecule has 0 aromatic carbocycles. The second-order valence-electron chi connectivity index (χ2n) is 7.29. The molecule has 0 spiro atoms.